The van der Waals surface area contributed by atoms with Crippen molar-refractivity contribution in [3.8, 4) is 11.5 Å². The van der Waals surface area contributed by atoms with Gasteiger partial charge in [0.05, 0.1) is 0 Å². The molecule has 0 aliphatic heterocycles. The van der Waals surface area contributed by atoms with E-state index in [1.807, 2.05) is 36.4 Å². The molecule has 0 saturated carbocycles. The highest BCUT2D eigenvalue weighted by Gasteiger charge is 2.06. The number of rotatable bonds is 9. The average molecular weight is 328 g/mol. The SMILES string of the molecule is CC(C)c1ccc(OCCOc2ccccc2CCC(=O)O)cc1. The molecular formula is C20H24O4. The Hall–Kier alpha value is -2.49. The van der Waals surface area contributed by atoms with E-state index in [-0.39, 0.29) is 6.42 Å². The molecule has 0 spiro atoms. The van der Waals surface area contributed by atoms with Crippen molar-refractivity contribution in [2.75, 3.05) is 13.2 Å². The number of ether oxygens (including phenoxy) is 2. The van der Waals surface area contributed by atoms with Gasteiger partial charge in [0.1, 0.15) is 24.7 Å². The molecule has 0 saturated heterocycles. The monoisotopic (exact) mass is 328 g/mol. The van der Waals surface area contributed by atoms with Crippen LogP contribution in [0.2, 0.25) is 0 Å². The minimum Gasteiger partial charge on any atom is -0.490 e. The number of hydrogen-bond donors (Lipinski definition) is 1. The minimum atomic E-state index is -0.807. The molecule has 0 bridgehead atoms. The van der Waals surface area contributed by atoms with Crippen molar-refractivity contribution >= 4 is 5.97 Å². The van der Waals surface area contributed by atoms with Crippen LogP contribution in [0.1, 0.15) is 37.3 Å². The summed E-state index contributed by atoms with van der Waals surface area (Å²) in [5.41, 5.74) is 2.19. The molecule has 128 valence electrons. The number of carboxylic acid groups (broad SMARTS) is 1. The molecule has 0 amide bonds. The zero-order chi connectivity index (χ0) is 17.4. The van der Waals surface area contributed by atoms with E-state index in [9.17, 15) is 4.79 Å². The third-order valence-corrected chi connectivity index (χ3v) is 3.74. The third kappa shape index (κ3) is 5.61. The first-order valence-electron chi connectivity index (χ1n) is 8.21. The smallest absolute Gasteiger partial charge is 0.303 e. The molecule has 0 unspecified atom stereocenters. The predicted octanol–water partition coefficient (Wildman–Crippen LogP) is 4.29. The number of carbonyl (C=O) groups is 1. The Morgan fingerprint density at radius 2 is 1.67 bits per heavy atom. The number of hydrogen-bond acceptors (Lipinski definition) is 3. The Bertz CT molecular complexity index is 647. The van der Waals surface area contributed by atoms with Gasteiger partial charge in [0.15, 0.2) is 0 Å². The maximum atomic E-state index is 10.7. The van der Waals surface area contributed by atoms with Crippen LogP contribution in [-0.2, 0) is 11.2 Å². The first kappa shape index (κ1) is 17.9. The summed E-state index contributed by atoms with van der Waals surface area (Å²) in [6.07, 6.45) is 0.558. The molecule has 1 N–H and O–H groups in total. The normalized spacial score (nSPS) is 10.6. The van der Waals surface area contributed by atoms with Gasteiger partial charge < -0.3 is 14.6 Å². The molecule has 0 atom stereocenters. The van der Waals surface area contributed by atoms with Crippen LogP contribution in [0.5, 0.6) is 11.5 Å². The Kier molecular flexibility index (Phi) is 6.67. The number of aryl methyl sites for hydroxylation is 1. The lowest BCUT2D eigenvalue weighted by molar-refractivity contribution is -0.136. The fourth-order valence-electron chi connectivity index (χ4n) is 2.35. The van der Waals surface area contributed by atoms with Gasteiger partial charge in [-0.05, 0) is 41.7 Å². The quantitative estimate of drug-likeness (QED) is 0.698. The first-order valence-corrected chi connectivity index (χ1v) is 8.21. The van der Waals surface area contributed by atoms with E-state index in [0.29, 0.717) is 25.6 Å². The van der Waals surface area contributed by atoms with Gasteiger partial charge in [-0.3, -0.25) is 4.79 Å². The molecule has 0 aromatic heterocycles. The van der Waals surface area contributed by atoms with Crippen LogP contribution in [-0.4, -0.2) is 24.3 Å². The predicted molar refractivity (Wildman–Crippen MR) is 93.9 cm³/mol. The van der Waals surface area contributed by atoms with Gasteiger partial charge in [-0.2, -0.15) is 0 Å². The molecule has 0 radical (unpaired) electrons. The molecule has 4 nitrogen and oxygen atoms in total. The van der Waals surface area contributed by atoms with Crippen LogP contribution >= 0.6 is 0 Å². The number of para-hydroxylation sites is 1. The minimum absolute atomic E-state index is 0.0963. The summed E-state index contributed by atoms with van der Waals surface area (Å²) < 4.78 is 11.4. The molecule has 24 heavy (non-hydrogen) atoms. The third-order valence-electron chi connectivity index (χ3n) is 3.74. The lowest BCUT2D eigenvalue weighted by Gasteiger charge is -2.12. The molecule has 4 heteroatoms. The Labute approximate surface area is 143 Å². The molecule has 2 aromatic carbocycles. The first-order chi connectivity index (χ1) is 11.6. The molecule has 0 heterocycles. The lowest BCUT2D eigenvalue weighted by Crippen LogP contribution is -2.10. The maximum Gasteiger partial charge on any atom is 0.303 e. The van der Waals surface area contributed by atoms with Gasteiger partial charge in [-0.1, -0.05) is 44.2 Å². The summed E-state index contributed by atoms with van der Waals surface area (Å²) in [6, 6.07) is 15.6. The van der Waals surface area contributed by atoms with E-state index < -0.39 is 5.97 Å². The number of benzene rings is 2. The Morgan fingerprint density at radius 1 is 1.00 bits per heavy atom. The van der Waals surface area contributed by atoms with E-state index in [4.69, 9.17) is 14.6 Å². The van der Waals surface area contributed by atoms with Crippen molar-refractivity contribution in [3.05, 3.63) is 59.7 Å². The Balaban J connectivity index is 1.80. The largest absolute Gasteiger partial charge is 0.490 e. The summed E-state index contributed by atoms with van der Waals surface area (Å²) in [7, 11) is 0. The topological polar surface area (TPSA) is 55.8 Å². The second-order valence-corrected chi connectivity index (χ2v) is 5.92. The van der Waals surface area contributed by atoms with Gasteiger partial charge in [0, 0.05) is 6.42 Å². The van der Waals surface area contributed by atoms with Crippen LogP contribution in [0.25, 0.3) is 0 Å². The van der Waals surface area contributed by atoms with Crippen molar-refractivity contribution in [2.45, 2.75) is 32.6 Å². The summed E-state index contributed by atoms with van der Waals surface area (Å²) in [5.74, 6) is 1.24. The van der Waals surface area contributed by atoms with Crippen molar-refractivity contribution in [2.24, 2.45) is 0 Å². The molecule has 0 aliphatic carbocycles. The fraction of sp³-hybridized carbons (Fsp3) is 0.350. The molecule has 2 rings (SSSR count). The number of aliphatic carboxylic acids is 1. The molecular weight excluding hydrogens is 304 g/mol. The van der Waals surface area contributed by atoms with Crippen molar-refractivity contribution < 1.29 is 19.4 Å². The summed E-state index contributed by atoms with van der Waals surface area (Å²) in [6.45, 7) is 5.17. The molecule has 0 fully saturated rings. The average Bonchev–Trinajstić information content (AvgIpc) is 2.58. The van der Waals surface area contributed by atoms with Crippen molar-refractivity contribution in [1.29, 1.82) is 0 Å². The van der Waals surface area contributed by atoms with E-state index in [2.05, 4.69) is 26.0 Å². The summed E-state index contributed by atoms with van der Waals surface area (Å²) in [5, 5.41) is 8.80. The van der Waals surface area contributed by atoms with Crippen LogP contribution in [0, 0.1) is 0 Å². The highest BCUT2D eigenvalue weighted by Crippen LogP contribution is 2.20. The highest BCUT2D eigenvalue weighted by atomic mass is 16.5. The van der Waals surface area contributed by atoms with E-state index in [1.54, 1.807) is 0 Å². The van der Waals surface area contributed by atoms with Crippen LogP contribution < -0.4 is 9.47 Å². The standard InChI is InChI=1S/C20H24O4/c1-15(2)16-7-10-18(11-8-16)23-13-14-24-19-6-4-3-5-17(19)9-12-20(21)22/h3-8,10-11,15H,9,12-14H2,1-2H3,(H,21,22). The van der Waals surface area contributed by atoms with Crippen molar-refractivity contribution in [1.82, 2.24) is 0 Å². The van der Waals surface area contributed by atoms with E-state index in [1.165, 1.54) is 5.56 Å². The second kappa shape index (κ2) is 8.96. The maximum absolute atomic E-state index is 10.7. The van der Waals surface area contributed by atoms with Gasteiger partial charge >= 0.3 is 5.97 Å². The Morgan fingerprint density at radius 3 is 2.33 bits per heavy atom. The summed E-state index contributed by atoms with van der Waals surface area (Å²) in [4.78, 5) is 10.7. The molecule has 0 aliphatic rings. The number of carboxylic acids is 1. The van der Waals surface area contributed by atoms with Gasteiger partial charge in [0.2, 0.25) is 0 Å². The van der Waals surface area contributed by atoms with Crippen LogP contribution in [0.15, 0.2) is 48.5 Å². The zero-order valence-corrected chi connectivity index (χ0v) is 14.2. The summed E-state index contributed by atoms with van der Waals surface area (Å²) >= 11 is 0. The van der Waals surface area contributed by atoms with Gasteiger partial charge in [-0.15, -0.1) is 0 Å². The van der Waals surface area contributed by atoms with Crippen LogP contribution in [0.3, 0.4) is 0 Å². The highest BCUT2D eigenvalue weighted by molar-refractivity contribution is 5.67. The fourth-order valence-corrected chi connectivity index (χ4v) is 2.35. The lowest BCUT2D eigenvalue weighted by atomic mass is 10.0. The van der Waals surface area contributed by atoms with E-state index in [0.717, 1.165) is 17.1 Å². The van der Waals surface area contributed by atoms with Crippen LogP contribution in [0.4, 0.5) is 0 Å². The van der Waals surface area contributed by atoms with Crippen molar-refractivity contribution in [3.63, 3.8) is 0 Å². The zero-order valence-electron chi connectivity index (χ0n) is 14.2. The second-order valence-electron chi connectivity index (χ2n) is 5.92. The molecule has 2 aromatic rings. The van der Waals surface area contributed by atoms with E-state index >= 15 is 0 Å². The van der Waals surface area contributed by atoms with Gasteiger partial charge in [0.25, 0.3) is 0 Å². The van der Waals surface area contributed by atoms with Gasteiger partial charge in [-0.25, -0.2) is 0 Å².